The van der Waals surface area contributed by atoms with Gasteiger partial charge in [0, 0.05) is 13.1 Å². The number of hydrogen-bond acceptors (Lipinski definition) is 3. The molecule has 1 saturated heterocycles. The van der Waals surface area contributed by atoms with Crippen LogP contribution in [0.5, 0.6) is 0 Å². The Kier molecular flexibility index (Phi) is 6.11. The smallest absolute Gasteiger partial charge is 0.407 e. The van der Waals surface area contributed by atoms with Gasteiger partial charge in [-0.1, -0.05) is 29.7 Å². The van der Waals surface area contributed by atoms with E-state index in [2.05, 4.69) is 42.3 Å². The number of carbonyl (C=O) groups excluding carboxylic acids is 1. The van der Waals surface area contributed by atoms with Crippen LogP contribution < -0.4 is 10.8 Å². The van der Waals surface area contributed by atoms with Crippen LogP contribution in [0.25, 0.3) is 0 Å². The van der Waals surface area contributed by atoms with Crippen LogP contribution in [0.1, 0.15) is 39.2 Å². The number of ether oxygens (including phenoxy) is 1. The van der Waals surface area contributed by atoms with Crippen LogP contribution >= 0.6 is 0 Å². The topological polar surface area (TPSA) is 41.6 Å². The fourth-order valence-corrected chi connectivity index (χ4v) is 2.84. The number of amides is 1. The van der Waals surface area contributed by atoms with Gasteiger partial charge in [0.1, 0.15) is 13.4 Å². The molecule has 1 aromatic rings. The van der Waals surface area contributed by atoms with Crippen molar-refractivity contribution in [3.05, 3.63) is 29.8 Å². The average Bonchev–Trinajstić information content (AvgIpc) is 2.47. The Bertz CT molecular complexity index is 503. The Morgan fingerprint density at radius 3 is 2.43 bits per heavy atom. The molecule has 1 aliphatic heterocycles. The molecule has 23 heavy (non-hydrogen) atoms. The number of nitrogens with one attached hydrogen (secondary N) is 1. The minimum atomic E-state index is -0.429. The fraction of sp³-hybridized carbons (Fsp3) is 0.611. The van der Waals surface area contributed by atoms with Crippen LogP contribution in [0.2, 0.25) is 0 Å². The van der Waals surface area contributed by atoms with E-state index in [1.54, 1.807) is 0 Å². The zero-order valence-corrected chi connectivity index (χ0v) is 14.9. The van der Waals surface area contributed by atoms with Crippen LogP contribution in [0.3, 0.4) is 0 Å². The Labute approximate surface area is 141 Å². The first-order valence-corrected chi connectivity index (χ1v) is 8.56. The second-order valence-electron chi connectivity index (χ2n) is 7.59. The van der Waals surface area contributed by atoms with Crippen LogP contribution in [-0.4, -0.2) is 44.1 Å². The van der Waals surface area contributed by atoms with E-state index < -0.39 is 5.60 Å². The zero-order valence-electron chi connectivity index (χ0n) is 14.9. The van der Waals surface area contributed by atoms with Crippen molar-refractivity contribution in [2.75, 3.05) is 19.6 Å². The van der Waals surface area contributed by atoms with Gasteiger partial charge >= 0.3 is 6.09 Å². The number of nitrogens with zero attached hydrogens (tertiary/aromatic N) is 1. The average molecular weight is 316 g/mol. The summed E-state index contributed by atoms with van der Waals surface area (Å²) in [6.45, 7) is 9.57. The maximum Gasteiger partial charge on any atom is 0.407 e. The lowest BCUT2D eigenvalue weighted by Crippen LogP contribution is -2.40. The predicted octanol–water partition coefficient (Wildman–Crippen LogP) is 1.68. The third-order valence-corrected chi connectivity index (χ3v) is 4.17. The quantitative estimate of drug-likeness (QED) is 0.860. The summed E-state index contributed by atoms with van der Waals surface area (Å²) < 4.78 is 5.28. The molecule has 0 spiro atoms. The molecule has 1 fully saturated rings. The van der Waals surface area contributed by atoms with E-state index in [0.717, 1.165) is 32.5 Å². The molecule has 4 nitrogen and oxygen atoms in total. The fourth-order valence-electron chi connectivity index (χ4n) is 2.84. The summed E-state index contributed by atoms with van der Waals surface area (Å²) in [6.07, 6.45) is 1.95. The van der Waals surface area contributed by atoms with Crippen LogP contribution in [0, 0.1) is 5.92 Å². The molecule has 5 heteroatoms. The highest BCUT2D eigenvalue weighted by Crippen LogP contribution is 2.18. The molecule has 2 rings (SSSR count). The van der Waals surface area contributed by atoms with Crippen LogP contribution in [0.15, 0.2) is 24.3 Å². The molecule has 0 bridgehead atoms. The third-order valence-electron chi connectivity index (χ3n) is 4.17. The lowest BCUT2D eigenvalue weighted by molar-refractivity contribution is 0.0509. The van der Waals surface area contributed by atoms with Gasteiger partial charge in [0.25, 0.3) is 0 Å². The lowest BCUT2D eigenvalue weighted by atomic mass is 9.94. The molecule has 1 aromatic carbocycles. The van der Waals surface area contributed by atoms with Crippen molar-refractivity contribution in [3.63, 3.8) is 0 Å². The van der Waals surface area contributed by atoms with Crippen molar-refractivity contribution in [1.29, 1.82) is 0 Å². The molecule has 0 saturated carbocycles. The molecule has 1 amide bonds. The molecule has 1 heterocycles. The first-order chi connectivity index (χ1) is 10.8. The van der Waals surface area contributed by atoms with Gasteiger partial charge in [-0.2, -0.15) is 0 Å². The number of benzene rings is 1. The lowest BCUT2D eigenvalue weighted by Gasteiger charge is -2.32. The van der Waals surface area contributed by atoms with Gasteiger partial charge in [-0.05, 0) is 58.2 Å². The molecule has 1 N–H and O–H groups in total. The highest BCUT2D eigenvalue weighted by molar-refractivity contribution is 6.32. The van der Waals surface area contributed by atoms with Crippen LogP contribution in [-0.2, 0) is 11.3 Å². The summed E-state index contributed by atoms with van der Waals surface area (Å²) >= 11 is 0. The van der Waals surface area contributed by atoms with Gasteiger partial charge in [-0.15, -0.1) is 0 Å². The molecule has 126 valence electrons. The molecule has 0 atom stereocenters. The van der Waals surface area contributed by atoms with E-state index in [0.29, 0.717) is 12.5 Å². The highest BCUT2D eigenvalue weighted by Gasteiger charge is 2.21. The minimum Gasteiger partial charge on any atom is -0.444 e. The number of likely N-dealkylation sites (tertiary alicyclic amines) is 1. The third kappa shape index (κ3) is 6.65. The van der Waals surface area contributed by atoms with Crippen molar-refractivity contribution in [3.8, 4) is 0 Å². The van der Waals surface area contributed by atoms with Gasteiger partial charge in [-0.3, -0.25) is 4.90 Å². The van der Waals surface area contributed by atoms with Crippen molar-refractivity contribution in [1.82, 2.24) is 10.2 Å². The number of piperidine rings is 1. The monoisotopic (exact) mass is 316 g/mol. The van der Waals surface area contributed by atoms with Gasteiger partial charge < -0.3 is 10.1 Å². The summed E-state index contributed by atoms with van der Waals surface area (Å²) in [5.74, 6) is 0.553. The predicted molar refractivity (Wildman–Crippen MR) is 96.9 cm³/mol. The number of rotatable bonds is 4. The van der Waals surface area contributed by atoms with E-state index in [1.807, 2.05) is 20.8 Å². The van der Waals surface area contributed by atoms with E-state index in [1.165, 1.54) is 11.0 Å². The molecule has 0 aromatic heterocycles. The standard InChI is InChI=1S/C18H29BN2O2/c1-18(2,3)23-17(22)20-12-14-8-10-21(11-9-14)13-15-4-6-16(19)7-5-15/h4-7,14H,8-13,19H2,1-3H3,(H,20,22). The first kappa shape index (κ1) is 17.9. The Balaban J connectivity index is 1.67. The summed E-state index contributed by atoms with van der Waals surface area (Å²) in [4.78, 5) is 14.2. The largest absolute Gasteiger partial charge is 0.444 e. The van der Waals surface area contributed by atoms with Crippen molar-refractivity contribution in [2.45, 2.75) is 45.8 Å². The maximum absolute atomic E-state index is 11.7. The van der Waals surface area contributed by atoms with Gasteiger partial charge in [0.2, 0.25) is 0 Å². The Morgan fingerprint density at radius 1 is 1.26 bits per heavy atom. The summed E-state index contributed by atoms with van der Waals surface area (Å²) in [5, 5.41) is 2.90. The SMILES string of the molecule is Bc1ccc(CN2CCC(CNC(=O)OC(C)(C)C)CC2)cc1. The highest BCUT2D eigenvalue weighted by atomic mass is 16.6. The maximum atomic E-state index is 11.7. The minimum absolute atomic E-state index is 0.306. The number of carbonyl (C=O) groups is 1. The van der Waals surface area contributed by atoms with Crippen LogP contribution in [0.4, 0.5) is 4.79 Å². The normalized spacial score (nSPS) is 17.0. The molecule has 1 aliphatic rings. The van der Waals surface area contributed by atoms with Crippen molar-refractivity contribution in [2.24, 2.45) is 5.92 Å². The van der Waals surface area contributed by atoms with Gasteiger partial charge in [0.05, 0.1) is 0 Å². The van der Waals surface area contributed by atoms with E-state index in [9.17, 15) is 4.79 Å². The summed E-state index contributed by atoms with van der Waals surface area (Å²) in [6, 6.07) is 8.77. The van der Waals surface area contributed by atoms with E-state index >= 15 is 0 Å². The summed E-state index contributed by atoms with van der Waals surface area (Å²) in [5.41, 5.74) is 2.25. The number of hydrogen-bond donors (Lipinski definition) is 1. The Morgan fingerprint density at radius 2 is 1.87 bits per heavy atom. The first-order valence-electron chi connectivity index (χ1n) is 8.56. The van der Waals surface area contributed by atoms with Crippen molar-refractivity contribution >= 4 is 19.4 Å². The Hall–Kier alpha value is -1.49. The second-order valence-corrected chi connectivity index (χ2v) is 7.59. The molecule has 0 radical (unpaired) electrons. The molecular formula is C18H29BN2O2. The van der Waals surface area contributed by atoms with E-state index in [-0.39, 0.29) is 6.09 Å². The molecule has 0 aliphatic carbocycles. The van der Waals surface area contributed by atoms with Gasteiger partial charge in [-0.25, -0.2) is 4.79 Å². The molecular weight excluding hydrogens is 287 g/mol. The van der Waals surface area contributed by atoms with Gasteiger partial charge in [0.15, 0.2) is 0 Å². The van der Waals surface area contributed by atoms with E-state index in [4.69, 9.17) is 4.74 Å². The van der Waals surface area contributed by atoms with Crippen molar-refractivity contribution < 1.29 is 9.53 Å². The number of alkyl carbamates (subject to hydrolysis) is 1. The second kappa shape index (κ2) is 7.87. The zero-order chi connectivity index (χ0) is 16.9. The summed E-state index contributed by atoms with van der Waals surface area (Å²) in [7, 11) is 2.12. The molecule has 0 unspecified atom stereocenters.